The Labute approximate surface area is 300 Å². The fourth-order valence-corrected chi connectivity index (χ4v) is 7.58. The Hall–Kier alpha value is -4.41. The summed E-state index contributed by atoms with van der Waals surface area (Å²) in [6.07, 6.45) is 3.24. The van der Waals surface area contributed by atoms with E-state index in [0.717, 1.165) is 45.8 Å². The first kappa shape index (κ1) is 34.9. The molecule has 0 saturated carbocycles. The van der Waals surface area contributed by atoms with Crippen molar-refractivity contribution in [3.63, 3.8) is 0 Å². The van der Waals surface area contributed by atoms with E-state index >= 15 is 0 Å². The number of para-hydroxylation sites is 3. The topological polar surface area (TPSA) is 30.7 Å². The molecule has 2 heterocycles. The maximum Gasteiger partial charge on any atom is 0.0798 e. The van der Waals surface area contributed by atoms with Crippen molar-refractivity contribution in [2.75, 3.05) is 0 Å². The van der Waals surface area contributed by atoms with Crippen LogP contribution in [-0.4, -0.2) is 22.6 Å². The van der Waals surface area contributed by atoms with Gasteiger partial charge in [0.2, 0.25) is 0 Å². The molecular weight excluding hydrogens is 779 g/mol. The van der Waals surface area contributed by atoms with Gasteiger partial charge >= 0.3 is 0 Å². The molecule has 7 aromatic rings. The van der Waals surface area contributed by atoms with Crippen LogP contribution in [-0.2, 0) is 26.5 Å². The van der Waals surface area contributed by atoms with Gasteiger partial charge < -0.3 is 9.55 Å². The van der Waals surface area contributed by atoms with Crippen LogP contribution in [0.4, 0.5) is 0 Å². The fourth-order valence-electron chi connectivity index (χ4n) is 5.99. The van der Waals surface area contributed by atoms with Crippen LogP contribution < -0.4 is 5.19 Å². The van der Waals surface area contributed by atoms with E-state index in [0.29, 0.717) is 5.92 Å². The van der Waals surface area contributed by atoms with Gasteiger partial charge in [-0.3, -0.25) is 4.98 Å². The number of pyridine rings is 1. The Morgan fingerprint density at radius 2 is 1.33 bits per heavy atom. The molecule has 0 spiro atoms. The Bertz CT molecular complexity index is 2070. The third kappa shape index (κ3) is 7.99. The van der Waals surface area contributed by atoms with Gasteiger partial charge in [-0.15, -0.1) is 71.8 Å². The average Bonchev–Trinajstić information content (AvgIpc) is 3.49. The minimum absolute atomic E-state index is 0. The zero-order valence-electron chi connectivity index (χ0n) is 28.2. The normalized spacial score (nSPS) is 11.1. The fraction of sp³-hybridized carbons (Fsp3) is 0.163. The molecule has 0 bridgehead atoms. The van der Waals surface area contributed by atoms with E-state index in [4.69, 9.17) is 4.98 Å². The molecule has 7 rings (SSSR count). The summed E-state index contributed by atoms with van der Waals surface area (Å²) in [5.74, 6) is 1.57. The molecule has 5 aromatic carbocycles. The molecule has 0 unspecified atom stereocenters. The molecule has 0 saturated heterocycles. The molecule has 2 aromatic heterocycles. The van der Waals surface area contributed by atoms with Gasteiger partial charge in [0.05, 0.1) is 24.9 Å². The zero-order chi connectivity index (χ0) is 32.8. The number of aromatic nitrogens is 3. The Balaban J connectivity index is 0.000000193. The number of imidazole rings is 1. The Morgan fingerprint density at radius 3 is 2.00 bits per heavy atom. The van der Waals surface area contributed by atoms with Crippen LogP contribution in [0.1, 0.15) is 19.4 Å². The molecule has 243 valence electrons. The van der Waals surface area contributed by atoms with Gasteiger partial charge in [-0.05, 0) is 47.0 Å². The van der Waals surface area contributed by atoms with Crippen molar-refractivity contribution in [2.24, 2.45) is 5.92 Å². The van der Waals surface area contributed by atoms with Crippen LogP contribution in [0.5, 0.6) is 0 Å². The molecular formula is C43H41IrN3Si-2. The Kier molecular flexibility index (Phi) is 11.4. The zero-order valence-corrected chi connectivity index (χ0v) is 31.6. The summed E-state index contributed by atoms with van der Waals surface area (Å²) in [6.45, 7) is 11.7. The second kappa shape index (κ2) is 15.7. The molecule has 1 radical (unpaired) electrons. The largest absolute Gasteiger partial charge is 0.333 e. The maximum absolute atomic E-state index is 4.93. The van der Waals surface area contributed by atoms with Gasteiger partial charge in [0.25, 0.3) is 0 Å². The molecule has 0 amide bonds. The van der Waals surface area contributed by atoms with Crippen LogP contribution in [0.3, 0.4) is 0 Å². The first-order valence-corrected chi connectivity index (χ1v) is 19.9. The molecule has 0 aliphatic heterocycles. The predicted molar refractivity (Wildman–Crippen MR) is 201 cm³/mol. The van der Waals surface area contributed by atoms with E-state index in [-0.39, 0.29) is 20.1 Å². The van der Waals surface area contributed by atoms with Crippen molar-refractivity contribution in [3.8, 4) is 39.5 Å². The first-order valence-electron chi connectivity index (χ1n) is 16.4. The number of hydrogen-bond acceptors (Lipinski definition) is 2. The summed E-state index contributed by atoms with van der Waals surface area (Å²) in [6, 6.07) is 52.2. The van der Waals surface area contributed by atoms with Crippen molar-refractivity contribution >= 4 is 24.3 Å². The molecule has 0 aliphatic carbocycles. The smallest absolute Gasteiger partial charge is 0.0798 e. The van der Waals surface area contributed by atoms with Gasteiger partial charge in [-0.1, -0.05) is 106 Å². The quantitative estimate of drug-likeness (QED) is 0.118. The van der Waals surface area contributed by atoms with Crippen molar-refractivity contribution in [2.45, 2.75) is 39.9 Å². The van der Waals surface area contributed by atoms with Gasteiger partial charge in [0, 0.05) is 37.6 Å². The summed E-state index contributed by atoms with van der Waals surface area (Å²) in [7, 11) is -1.34. The standard InChI is InChI=1S/C25H17N2.C18H24NSi.Ir/c1-3-11-19(12-4-1)21-15-7-9-17-23(21)27-24-18-10-8-16-22(24)26-25(27)20-13-5-2-6-14-20;1-14(2)11-16-12-17(15-9-7-6-8-10-15)19-13-18(16)20(3,4)5;/h1-13,15-18H;6-9,12-14H,11H2,1-5H3;/q2*-1;. The first-order chi connectivity index (χ1) is 22.8. The summed E-state index contributed by atoms with van der Waals surface area (Å²) < 4.78 is 2.24. The molecule has 0 atom stereocenters. The van der Waals surface area contributed by atoms with Gasteiger partial charge in [-0.25, -0.2) is 0 Å². The van der Waals surface area contributed by atoms with Crippen molar-refractivity contribution in [3.05, 3.63) is 157 Å². The summed E-state index contributed by atoms with van der Waals surface area (Å²) >= 11 is 0. The second-order valence-electron chi connectivity index (χ2n) is 13.3. The van der Waals surface area contributed by atoms with E-state index in [9.17, 15) is 0 Å². The third-order valence-corrected chi connectivity index (χ3v) is 10.2. The Morgan fingerprint density at radius 1 is 0.708 bits per heavy atom. The molecule has 3 nitrogen and oxygen atoms in total. The van der Waals surface area contributed by atoms with Crippen molar-refractivity contribution in [1.82, 2.24) is 14.5 Å². The molecule has 0 fully saturated rings. The average molecular weight is 820 g/mol. The number of nitrogens with zero attached hydrogens (tertiary/aromatic N) is 3. The van der Waals surface area contributed by atoms with Gasteiger partial charge in [0.15, 0.2) is 0 Å². The van der Waals surface area contributed by atoms with Crippen molar-refractivity contribution in [1.29, 1.82) is 0 Å². The molecule has 48 heavy (non-hydrogen) atoms. The molecule has 0 aliphatic rings. The van der Waals surface area contributed by atoms with Crippen LogP contribution in [0.15, 0.2) is 140 Å². The minimum atomic E-state index is -1.34. The monoisotopic (exact) mass is 820 g/mol. The number of benzene rings is 5. The number of rotatable bonds is 7. The molecule has 5 heteroatoms. The SMILES string of the molecule is CC(C)Cc1cc(-c2[c-]cccc2)ncc1[Si](C)(C)C.[Ir].[c-]1ccccc1-c1nc2ccccc2n1-c1ccccc1-c1ccccc1. The summed E-state index contributed by atoms with van der Waals surface area (Å²) in [5, 5.41) is 1.49. The van der Waals surface area contributed by atoms with Crippen LogP contribution in [0.25, 0.3) is 50.5 Å². The van der Waals surface area contributed by atoms with Crippen molar-refractivity contribution < 1.29 is 20.1 Å². The van der Waals surface area contributed by atoms with E-state index in [1.165, 1.54) is 21.9 Å². The van der Waals surface area contributed by atoms with E-state index < -0.39 is 8.07 Å². The van der Waals surface area contributed by atoms with Gasteiger partial charge in [-0.2, -0.15) is 0 Å². The van der Waals surface area contributed by atoms with Gasteiger partial charge in [0.1, 0.15) is 0 Å². The van der Waals surface area contributed by atoms with E-state index in [1.807, 2.05) is 48.5 Å². The predicted octanol–water partition coefficient (Wildman–Crippen LogP) is 10.4. The van der Waals surface area contributed by atoms with Crippen LogP contribution in [0, 0.1) is 18.1 Å². The third-order valence-electron chi connectivity index (χ3n) is 8.15. The number of hydrogen-bond donors (Lipinski definition) is 0. The second-order valence-corrected chi connectivity index (χ2v) is 18.3. The minimum Gasteiger partial charge on any atom is -0.333 e. The molecule has 0 N–H and O–H groups in total. The van der Waals surface area contributed by atoms with Crippen LogP contribution in [0.2, 0.25) is 19.6 Å². The van der Waals surface area contributed by atoms with E-state index in [1.54, 1.807) is 0 Å². The number of fused-ring (bicyclic) bond motifs is 1. The summed E-state index contributed by atoms with van der Waals surface area (Å²) in [4.78, 5) is 9.61. The summed E-state index contributed by atoms with van der Waals surface area (Å²) in [5.41, 5.74) is 10.1. The maximum atomic E-state index is 4.93. The van der Waals surface area contributed by atoms with Crippen LogP contribution >= 0.6 is 0 Å². The van der Waals surface area contributed by atoms with E-state index in [2.05, 4.69) is 146 Å².